The lowest BCUT2D eigenvalue weighted by Crippen LogP contribution is -2.29. The first kappa shape index (κ1) is 23.2. The van der Waals surface area contributed by atoms with Gasteiger partial charge in [-0.05, 0) is 66.9 Å². The van der Waals surface area contributed by atoms with Crippen molar-refractivity contribution >= 4 is 23.1 Å². The van der Waals surface area contributed by atoms with Crippen LogP contribution in [-0.2, 0) is 16.1 Å². The van der Waals surface area contributed by atoms with Gasteiger partial charge in [-0.25, -0.2) is 0 Å². The van der Waals surface area contributed by atoms with Crippen LogP contribution in [0.15, 0.2) is 64.8 Å². The summed E-state index contributed by atoms with van der Waals surface area (Å²) in [7, 11) is 5.46. The molecule has 1 aliphatic heterocycles. The van der Waals surface area contributed by atoms with Crippen molar-refractivity contribution in [3.05, 3.63) is 88.4 Å². The van der Waals surface area contributed by atoms with Crippen molar-refractivity contribution < 1.29 is 23.8 Å². The molecule has 176 valence electrons. The summed E-state index contributed by atoms with van der Waals surface area (Å²) in [6.07, 6.45) is 1.52. The van der Waals surface area contributed by atoms with Gasteiger partial charge in [-0.15, -0.1) is 0 Å². The van der Waals surface area contributed by atoms with Gasteiger partial charge >= 0.3 is 0 Å². The maximum atomic E-state index is 13.3. The van der Waals surface area contributed by atoms with Crippen LogP contribution < -0.4 is 9.64 Å². The molecule has 7 nitrogen and oxygen atoms in total. The van der Waals surface area contributed by atoms with Crippen LogP contribution in [0.3, 0.4) is 0 Å². The second-order valence-corrected chi connectivity index (χ2v) is 8.63. The average molecular weight is 461 g/mol. The van der Waals surface area contributed by atoms with E-state index in [0.29, 0.717) is 17.1 Å². The highest BCUT2D eigenvalue weighted by Gasteiger charge is 2.46. The van der Waals surface area contributed by atoms with Crippen LogP contribution in [0.25, 0.3) is 5.76 Å². The Morgan fingerprint density at radius 1 is 1.09 bits per heavy atom. The van der Waals surface area contributed by atoms with Crippen molar-refractivity contribution in [2.45, 2.75) is 26.4 Å². The van der Waals surface area contributed by atoms with Gasteiger partial charge in [0.15, 0.2) is 0 Å². The van der Waals surface area contributed by atoms with Crippen LogP contribution in [0.2, 0.25) is 0 Å². The third-order valence-corrected chi connectivity index (χ3v) is 6.17. The van der Waals surface area contributed by atoms with E-state index in [4.69, 9.17) is 9.15 Å². The maximum absolute atomic E-state index is 13.3. The number of ether oxygens (including phenoxy) is 1. The molecule has 1 N–H and O–H groups in total. The summed E-state index contributed by atoms with van der Waals surface area (Å²) in [6.45, 7) is 3.80. The summed E-state index contributed by atoms with van der Waals surface area (Å²) in [5, 5.41) is 11.4. The lowest BCUT2D eigenvalue weighted by molar-refractivity contribution is -0.140. The number of hydrogen-bond donors (Lipinski definition) is 1. The molecule has 1 fully saturated rings. The van der Waals surface area contributed by atoms with Crippen molar-refractivity contribution in [3.8, 4) is 5.75 Å². The Morgan fingerprint density at radius 3 is 2.38 bits per heavy atom. The predicted octanol–water partition coefficient (Wildman–Crippen LogP) is 4.59. The van der Waals surface area contributed by atoms with Gasteiger partial charge in [0.25, 0.3) is 11.7 Å². The van der Waals surface area contributed by atoms with Gasteiger partial charge in [0, 0.05) is 25.3 Å². The van der Waals surface area contributed by atoms with Crippen LogP contribution in [0, 0.1) is 13.8 Å². The van der Waals surface area contributed by atoms with E-state index < -0.39 is 17.7 Å². The summed E-state index contributed by atoms with van der Waals surface area (Å²) < 4.78 is 10.8. The Morgan fingerprint density at radius 2 is 1.79 bits per heavy atom. The Hall–Kier alpha value is -4.00. The van der Waals surface area contributed by atoms with E-state index in [1.807, 2.05) is 63.2 Å². The van der Waals surface area contributed by atoms with E-state index in [0.717, 1.165) is 22.4 Å². The van der Waals surface area contributed by atoms with Crippen molar-refractivity contribution in [1.29, 1.82) is 0 Å². The number of likely N-dealkylation sites (tertiary alicyclic amines) is 1. The minimum atomic E-state index is -0.761. The summed E-state index contributed by atoms with van der Waals surface area (Å²) in [4.78, 5) is 29.8. The molecule has 0 bridgehead atoms. The number of hydrogen-bond acceptors (Lipinski definition) is 6. The van der Waals surface area contributed by atoms with Crippen LogP contribution in [0.5, 0.6) is 5.75 Å². The number of aliphatic hydroxyl groups excluding tert-OH is 1. The van der Waals surface area contributed by atoms with Crippen molar-refractivity contribution in [3.63, 3.8) is 0 Å². The highest BCUT2D eigenvalue weighted by atomic mass is 16.5. The topological polar surface area (TPSA) is 83.2 Å². The highest BCUT2D eigenvalue weighted by Crippen LogP contribution is 2.41. The lowest BCUT2D eigenvalue weighted by Gasteiger charge is -2.25. The van der Waals surface area contributed by atoms with Gasteiger partial charge in [0.05, 0.1) is 31.5 Å². The number of carbonyl (C=O) groups is 2. The molecule has 1 unspecified atom stereocenters. The molecule has 1 amide bonds. The molecule has 1 aromatic heterocycles. The summed E-state index contributed by atoms with van der Waals surface area (Å²) in [6, 6.07) is 13.9. The number of anilines is 1. The summed E-state index contributed by atoms with van der Waals surface area (Å²) in [5.74, 6) is -0.372. The fraction of sp³-hybridized carbons (Fsp3) is 0.259. The van der Waals surface area contributed by atoms with Crippen molar-refractivity contribution in [2.75, 3.05) is 26.1 Å². The Labute approximate surface area is 198 Å². The molecule has 0 spiro atoms. The van der Waals surface area contributed by atoms with Crippen molar-refractivity contribution in [1.82, 2.24) is 4.90 Å². The molecule has 7 heteroatoms. The van der Waals surface area contributed by atoms with Crippen LogP contribution in [0.4, 0.5) is 5.69 Å². The van der Waals surface area contributed by atoms with Gasteiger partial charge in [-0.2, -0.15) is 0 Å². The quantitative estimate of drug-likeness (QED) is 0.329. The zero-order chi connectivity index (χ0) is 24.6. The van der Waals surface area contributed by atoms with Gasteiger partial charge in [-0.3, -0.25) is 9.59 Å². The number of aryl methyl sites for hydroxylation is 2. The van der Waals surface area contributed by atoms with E-state index in [1.165, 1.54) is 11.2 Å². The predicted molar refractivity (Wildman–Crippen MR) is 130 cm³/mol. The molecular weight excluding hydrogens is 432 g/mol. The molecule has 3 aromatic rings. The molecule has 4 rings (SSSR count). The number of carbonyl (C=O) groups excluding carboxylic acids is 2. The second kappa shape index (κ2) is 9.09. The maximum Gasteiger partial charge on any atom is 0.296 e. The molecule has 0 aliphatic carbocycles. The molecular formula is C27H28N2O5. The first-order valence-corrected chi connectivity index (χ1v) is 11.0. The zero-order valence-electron chi connectivity index (χ0n) is 20.0. The molecule has 0 saturated carbocycles. The fourth-order valence-corrected chi connectivity index (χ4v) is 4.32. The number of rotatable bonds is 6. The smallest absolute Gasteiger partial charge is 0.296 e. The molecule has 0 radical (unpaired) electrons. The largest absolute Gasteiger partial charge is 0.507 e. The average Bonchev–Trinajstić information content (AvgIpc) is 3.42. The van der Waals surface area contributed by atoms with Gasteiger partial charge < -0.3 is 24.1 Å². The first-order valence-electron chi connectivity index (χ1n) is 11.0. The standard InChI is InChI=1S/C27H28N2O5/c1-16-14-22(33-5)17(2)13-21(16)25(30)23-24(18-8-10-19(11-9-18)28(3)4)29(27(32)26(23)31)15-20-7-6-12-34-20/h6-14,24,30H,15H2,1-5H3/b25-23+. The Balaban J connectivity index is 1.89. The van der Waals surface area contributed by atoms with Crippen LogP contribution in [-0.4, -0.2) is 42.9 Å². The number of nitrogens with zero attached hydrogens (tertiary/aromatic N) is 2. The van der Waals surface area contributed by atoms with Crippen LogP contribution in [0.1, 0.15) is 34.1 Å². The Kier molecular flexibility index (Phi) is 6.20. The number of benzene rings is 2. The van der Waals surface area contributed by atoms with Crippen molar-refractivity contribution in [2.24, 2.45) is 0 Å². The summed E-state index contributed by atoms with van der Waals surface area (Å²) >= 11 is 0. The fourth-order valence-electron chi connectivity index (χ4n) is 4.32. The SMILES string of the molecule is COc1cc(C)c(/C(O)=C2\C(=O)C(=O)N(Cc3ccco3)C2c2ccc(N(C)C)cc2)cc1C. The molecule has 2 aromatic carbocycles. The van der Waals surface area contributed by atoms with Gasteiger partial charge in [0.1, 0.15) is 17.3 Å². The third-order valence-electron chi connectivity index (χ3n) is 6.17. The van der Waals surface area contributed by atoms with E-state index in [1.54, 1.807) is 25.3 Å². The molecule has 1 atom stereocenters. The second-order valence-electron chi connectivity index (χ2n) is 8.63. The van der Waals surface area contributed by atoms with Crippen LogP contribution >= 0.6 is 0 Å². The Bertz CT molecular complexity index is 1260. The molecule has 1 aliphatic rings. The van der Waals surface area contributed by atoms with Gasteiger partial charge in [0.2, 0.25) is 0 Å². The summed E-state index contributed by atoms with van der Waals surface area (Å²) in [5.41, 5.74) is 3.80. The minimum Gasteiger partial charge on any atom is -0.507 e. The van der Waals surface area contributed by atoms with E-state index in [2.05, 4.69) is 0 Å². The normalized spacial score (nSPS) is 17.3. The number of methoxy groups -OCH3 is 1. The number of amides is 1. The number of Topliss-reactive ketones (excluding diaryl/α,β-unsaturated/α-hetero) is 1. The molecule has 2 heterocycles. The molecule has 1 saturated heterocycles. The monoisotopic (exact) mass is 460 g/mol. The van der Waals surface area contributed by atoms with E-state index in [9.17, 15) is 14.7 Å². The van der Waals surface area contributed by atoms with Gasteiger partial charge in [-0.1, -0.05) is 12.1 Å². The number of furan rings is 1. The van der Waals surface area contributed by atoms with E-state index >= 15 is 0 Å². The number of ketones is 1. The lowest BCUT2D eigenvalue weighted by atomic mass is 9.93. The third kappa shape index (κ3) is 4.05. The minimum absolute atomic E-state index is 0.0572. The first-order chi connectivity index (χ1) is 16.2. The molecule has 34 heavy (non-hydrogen) atoms. The zero-order valence-corrected chi connectivity index (χ0v) is 20.0. The number of aliphatic hydroxyl groups is 1. The highest BCUT2D eigenvalue weighted by molar-refractivity contribution is 6.46. The van der Waals surface area contributed by atoms with E-state index in [-0.39, 0.29) is 17.9 Å².